The van der Waals surface area contributed by atoms with Gasteiger partial charge in [-0.2, -0.15) is 0 Å². The molecule has 0 saturated heterocycles. The van der Waals surface area contributed by atoms with Gasteiger partial charge in [0.15, 0.2) is 0 Å². The summed E-state index contributed by atoms with van der Waals surface area (Å²) in [5.74, 6) is 2.24. The Labute approximate surface area is 203 Å². The van der Waals surface area contributed by atoms with E-state index in [1.807, 2.05) is 47.4 Å². The topological polar surface area (TPSA) is 80.1 Å². The van der Waals surface area contributed by atoms with E-state index in [9.17, 15) is 9.59 Å². The number of benzene rings is 2. The average Bonchev–Trinajstić information content (AvgIpc) is 3.39. The van der Waals surface area contributed by atoms with Gasteiger partial charge in [0.25, 0.3) is 5.91 Å². The average molecular weight is 476 g/mol. The number of amides is 2. The van der Waals surface area contributed by atoms with Crippen molar-refractivity contribution in [3.05, 3.63) is 71.3 Å². The number of anilines is 1. The number of aromatic nitrogens is 3. The molecule has 0 saturated carbocycles. The second kappa shape index (κ2) is 10.4. The number of fused-ring (bicyclic) bond motifs is 2. The molecule has 0 aliphatic carbocycles. The molecule has 2 amide bonds. The smallest absolute Gasteiger partial charge is 0.252 e. The minimum Gasteiger partial charge on any atom is -0.352 e. The number of nitrogens with one attached hydrogen (secondary N) is 1. The van der Waals surface area contributed by atoms with Gasteiger partial charge in [-0.3, -0.25) is 9.59 Å². The van der Waals surface area contributed by atoms with E-state index in [4.69, 9.17) is 0 Å². The predicted octanol–water partition coefficient (Wildman–Crippen LogP) is 3.66. The van der Waals surface area contributed by atoms with Crippen molar-refractivity contribution in [1.82, 2.24) is 20.1 Å². The SMILES string of the molecule is O=C(NCCc1nnc2n1CCCCC2)c1ccccc1SCC(=O)N1CCc2ccccc21. The molecule has 1 N–H and O–H groups in total. The first-order valence-corrected chi connectivity index (χ1v) is 13.0. The van der Waals surface area contributed by atoms with Crippen LogP contribution in [0.1, 0.15) is 46.8 Å². The fourth-order valence-corrected chi connectivity index (χ4v) is 5.63. The number of carbonyl (C=O) groups is 2. The number of aryl methyl sites for hydroxylation is 1. The van der Waals surface area contributed by atoms with Crippen molar-refractivity contribution < 1.29 is 9.59 Å². The Kier molecular flexibility index (Phi) is 6.94. The van der Waals surface area contributed by atoms with E-state index in [0.717, 1.165) is 54.5 Å². The summed E-state index contributed by atoms with van der Waals surface area (Å²) in [6, 6.07) is 15.5. The molecular formula is C26H29N5O2S. The molecular weight excluding hydrogens is 446 g/mol. The van der Waals surface area contributed by atoms with Gasteiger partial charge >= 0.3 is 0 Å². The largest absolute Gasteiger partial charge is 0.352 e. The number of para-hydroxylation sites is 1. The van der Waals surface area contributed by atoms with E-state index in [-0.39, 0.29) is 11.8 Å². The summed E-state index contributed by atoms with van der Waals surface area (Å²) in [5, 5.41) is 11.7. The third-order valence-electron chi connectivity index (χ3n) is 6.49. The third kappa shape index (κ3) is 4.87. The van der Waals surface area contributed by atoms with E-state index in [2.05, 4.69) is 26.1 Å². The summed E-state index contributed by atoms with van der Waals surface area (Å²) >= 11 is 1.42. The van der Waals surface area contributed by atoms with Gasteiger partial charge in [-0.05, 0) is 43.0 Å². The van der Waals surface area contributed by atoms with Crippen LogP contribution < -0.4 is 10.2 Å². The fraction of sp³-hybridized carbons (Fsp3) is 0.385. The van der Waals surface area contributed by atoms with Gasteiger partial charge in [-0.15, -0.1) is 22.0 Å². The van der Waals surface area contributed by atoms with Crippen LogP contribution >= 0.6 is 11.8 Å². The molecule has 0 fully saturated rings. The lowest BCUT2D eigenvalue weighted by molar-refractivity contribution is -0.116. The zero-order chi connectivity index (χ0) is 23.3. The zero-order valence-corrected chi connectivity index (χ0v) is 20.0. The maximum Gasteiger partial charge on any atom is 0.252 e. The minimum atomic E-state index is -0.127. The van der Waals surface area contributed by atoms with E-state index in [1.54, 1.807) is 0 Å². The molecule has 3 aromatic rings. The summed E-state index contributed by atoms with van der Waals surface area (Å²) in [4.78, 5) is 28.5. The number of rotatable bonds is 7. The maximum atomic E-state index is 12.9. The molecule has 0 atom stereocenters. The van der Waals surface area contributed by atoms with Crippen LogP contribution in [0.4, 0.5) is 5.69 Å². The van der Waals surface area contributed by atoms with Gasteiger partial charge in [0, 0.05) is 43.1 Å². The Balaban J connectivity index is 1.17. The summed E-state index contributed by atoms with van der Waals surface area (Å²) < 4.78 is 2.21. The molecule has 2 aromatic carbocycles. The molecule has 2 aliphatic heterocycles. The van der Waals surface area contributed by atoms with E-state index in [0.29, 0.717) is 30.8 Å². The van der Waals surface area contributed by atoms with E-state index < -0.39 is 0 Å². The van der Waals surface area contributed by atoms with Crippen LogP contribution in [-0.4, -0.2) is 45.4 Å². The fourth-order valence-electron chi connectivity index (χ4n) is 4.71. The lowest BCUT2D eigenvalue weighted by Gasteiger charge is -2.17. The van der Waals surface area contributed by atoms with Crippen LogP contribution in [0.25, 0.3) is 0 Å². The third-order valence-corrected chi connectivity index (χ3v) is 7.55. The van der Waals surface area contributed by atoms with Crippen molar-refractivity contribution in [3.63, 3.8) is 0 Å². The lowest BCUT2D eigenvalue weighted by Crippen LogP contribution is -2.30. The number of nitrogens with zero attached hydrogens (tertiary/aromatic N) is 4. The Hall–Kier alpha value is -3.13. The molecule has 5 rings (SSSR count). The zero-order valence-electron chi connectivity index (χ0n) is 19.2. The van der Waals surface area contributed by atoms with Crippen LogP contribution in [0.15, 0.2) is 53.4 Å². The first kappa shape index (κ1) is 22.7. The van der Waals surface area contributed by atoms with Gasteiger partial charge in [0.05, 0.1) is 11.3 Å². The monoisotopic (exact) mass is 475 g/mol. The minimum absolute atomic E-state index is 0.0673. The summed E-state index contributed by atoms with van der Waals surface area (Å²) in [7, 11) is 0. The van der Waals surface area contributed by atoms with Crippen LogP contribution in [0.5, 0.6) is 0 Å². The molecule has 8 heteroatoms. The molecule has 2 aliphatic rings. The van der Waals surface area contributed by atoms with Crippen molar-refractivity contribution in [1.29, 1.82) is 0 Å². The van der Waals surface area contributed by atoms with Crippen molar-refractivity contribution in [2.24, 2.45) is 0 Å². The Bertz CT molecular complexity index is 1190. The molecule has 0 radical (unpaired) electrons. The highest BCUT2D eigenvalue weighted by atomic mass is 32.2. The number of hydrogen-bond acceptors (Lipinski definition) is 5. The summed E-state index contributed by atoms with van der Waals surface area (Å²) in [6.07, 6.45) is 6.06. The van der Waals surface area contributed by atoms with Crippen LogP contribution in [-0.2, 0) is 30.6 Å². The van der Waals surface area contributed by atoms with Gasteiger partial charge in [-0.1, -0.05) is 36.8 Å². The summed E-state index contributed by atoms with van der Waals surface area (Å²) in [5.41, 5.74) is 2.82. The predicted molar refractivity (Wildman–Crippen MR) is 133 cm³/mol. The number of thioether (sulfide) groups is 1. The Morgan fingerprint density at radius 2 is 1.79 bits per heavy atom. The Morgan fingerprint density at radius 3 is 2.74 bits per heavy atom. The number of hydrogen-bond donors (Lipinski definition) is 1. The van der Waals surface area contributed by atoms with Crippen LogP contribution in [0.2, 0.25) is 0 Å². The van der Waals surface area contributed by atoms with Crippen molar-refractivity contribution in [3.8, 4) is 0 Å². The first-order valence-electron chi connectivity index (χ1n) is 12.0. The molecule has 0 bridgehead atoms. The van der Waals surface area contributed by atoms with Crippen molar-refractivity contribution >= 4 is 29.3 Å². The van der Waals surface area contributed by atoms with E-state index in [1.165, 1.54) is 23.7 Å². The van der Waals surface area contributed by atoms with Gasteiger partial charge < -0.3 is 14.8 Å². The second-order valence-electron chi connectivity index (χ2n) is 8.71. The highest BCUT2D eigenvalue weighted by Gasteiger charge is 2.24. The summed E-state index contributed by atoms with van der Waals surface area (Å²) in [6.45, 7) is 2.17. The molecule has 1 aromatic heterocycles. The molecule has 7 nitrogen and oxygen atoms in total. The van der Waals surface area contributed by atoms with Gasteiger partial charge in [0.1, 0.15) is 11.6 Å². The van der Waals surface area contributed by atoms with Crippen LogP contribution in [0.3, 0.4) is 0 Å². The standard InChI is InChI=1S/C26H29N5O2S/c32-25(30-17-14-19-8-3-5-10-21(19)30)18-34-22-11-6-4-9-20(22)26(33)27-15-13-24-29-28-23-12-2-1-7-16-31(23)24/h3-6,8-11H,1-2,7,12-18H2,(H,27,33). The molecule has 34 heavy (non-hydrogen) atoms. The van der Waals surface area contributed by atoms with Crippen LogP contribution in [0, 0.1) is 0 Å². The second-order valence-corrected chi connectivity index (χ2v) is 9.73. The van der Waals surface area contributed by atoms with Gasteiger partial charge in [-0.25, -0.2) is 0 Å². The Morgan fingerprint density at radius 1 is 0.941 bits per heavy atom. The lowest BCUT2D eigenvalue weighted by atomic mass is 10.2. The highest BCUT2D eigenvalue weighted by molar-refractivity contribution is 8.00. The number of carbonyl (C=O) groups excluding carboxylic acids is 2. The van der Waals surface area contributed by atoms with Crippen molar-refractivity contribution in [2.45, 2.75) is 50.0 Å². The van der Waals surface area contributed by atoms with E-state index >= 15 is 0 Å². The maximum absolute atomic E-state index is 12.9. The molecule has 0 unspecified atom stereocenters. The highest BCUT2D eigenvalue weighted by Crippen LogP contribution is 2.29. The normalized spacial score (nSPS) is 14.9. The quantitative estimate of drug-likeness (QED) is 0.528. The van der Waals surface area contributed by atoms with Crippen molar-refractivity contribution in [2.75, 3.05) is 23.7 Å². The first-order chi connectivity index (χ1) is 16.7. The molecule has 0 spiro atoms. The van der Waals surface area contributed by atoms with Gasteiger partial charge in [0.2, 0.25) is 5.91 Å². The molecule has 176 valence electrons. The molecule has 3 heterocycles.